The summed E-state index contributed by atoms with van der Waals surface area (Å²) >= 11 is 0. The van der Waals surface area contributed by atoms with Crippen LogP contribution in [-0.4, -0.2) is 54.0 Å². The Morgan fingerprint density at radius 2 is 1.61 bits per heavy atom. The summed E-state index contributed by atoms with van der Waals surface area (Å²) in [6.07, 6.45) is 11.5. The molecule has 0 aromatic rings. The number of piperidine rings is 1. The number of likely N-dealkylation sites (tertiary alicyclic amines) is 1. The molecule has 6 nitrogen and oxygen atoms in total. The van der Waals surface area contributed by atoms with Crippen LogP contribution in [0.1, 0.15) is 99.8 Å². The van der Waals surface area contributed by atoms with E-state index >= 15 is 0 Å². The largest absolute Gasteiger partial charge is 0.458 e. The van der Waals surface area contributed by atoms with Crippen molar-refractivity contribution in [3.05, 3.63) is 23.3 Å². The van der Waals surface area contributed by atoms with E-state index in [1.165, 1.54) is 24.5 Å². The maximum absolute atomic E-state index is 13.0. The number of Topliss-reactive ketones (excluding diaryl/α,β-unsaturated/α-hetero) is 1. The van der Waals surface area contributed by atoms with Crippen LogP contribution in [0, 0.1) is 40.4 Å². The molecule has 0 bridgehead atoms. The van der Waals surface area contributed by atoms with Crippen LogP contribution in [-0.2, 0) is 23.9 Å². The molecule has 0 radical (unpaired) electrons. The van der Waals surface area contributed by atoms with Gasteiger partial charge >= 0.3 is 11.9 Å². The van der Waals surface area contributed by atoms with E-state index in [2.05, 4.69) is 51.7 Å². The predicted octanol–water partition coefficient (Wildman–Crippen LogP) is 6.71. The molecule has 0 aromatic carbocycles. The minimum atomic E-state index is -1.01. The van der Waals surface area contributed by atoms with Crippen LogP contribution in [0.2, 0.25) is 0 Å². The number of carbonyl (C=O) groups is 3. The van der Waals surface area contributed by atoms with Crippen LogP contribution < -0.4 is 0 Å². The van der Waals surface area contributed by atoms with E-state index in [4.69, 9.17) is 9.47 Å². The van der Waals surface area contributed by atoms with Crippen LogP contribution in [0.25, 0.3) is 0 Å². The van der Waals surface area contributed by atoms with Crippen molar-refractivity contribution in [2.75, 3.05) is 19.6 Å². The zero-order chi connectivity index (χ0) is 29.0. The lowest BCUT2D eigenvalue weighted by atomic mass is 9.47. The zero-order valence-corrected chi connectivity index (χ0v) is 27.1. The molecule has 2 saturated carbocycles. The average molecular weight is 590 g/mol. The molecule has 7 heteroatoms. The molecule has 230 valence electrons. The van der Waals surface area contributed by atoms with Crippen molar-refractivity contribution >= 4 is 30.1 Å². The van der Waals surface area contributed by atoms with Gasteiger partial charge < -0.3 is 14.4 Å². The number of esters is 2. The highest BCUT2D eigenvalue weighted by Crippen LogP contribution is 2.68. The minimum absolute atomic E-state index is 0. The van der Waals surface area contributed by atoms with Crippen LogP contribution in [0.5, 0.6) is 0 Å². The van der Waals surface area contributed by atoms with Gasteiger partial charge in [-0.05, 0) is 105 Å². The first-order chi connectivity index (χ1) is 18.8. The number of nitrogens with zero attached hydrogens (tertiary/aromatic N) is 1. The lowest BCUT2D eigenvalue weighted by Gasteiger charge is -2.58. The standard InChI is InChI=1S/C34H51NO5.ClH/c1-21-16-22(2)20-35(19-21)15-11-31(38)39-26-8-12-32(6)28-9-13-33(7)29(27(28)17-23(3)30(32)18-26)10-14-34(33,24(4)36)40-25(5)37;/h17-18,21-22,26-29H,8-16,19-20H2,1-7H3;1H/t21?,22?,26?,27-,28?,29?,32-,33+,34+;/m1./s1. The molecular weight excluding hydrogens is 538 g/mol. The van der Waals surface area contributed by atoms with Crippen molar-refractivity contribution in [2.24, 2.45) is 40.4 Å². The van der Waals surface area contributed by atoms with Crippen molar-refractivity contribution in [2.45, 2.75) is 112 Å². The van der Waals surface area contributed by atoms with Crippen molar-refractivity contribution in [1.82, 2.24) is 4.90 Å². The van der Waals surface area contributed by atoms with Crippen molar-refractivity contribution in [1.29, 1.82) is 0 Å². The van der Waals surface area contributed by atoms with Gasteiger partial charge in [0, 0.05) is 32.0 Å². The van der Waals surface area contributed by atoms with Crippen molar-refractivity contribution in [3.8, 4) is 0 Å². The fourth-order valence-corrected chi connectivity index (χ4v) is 10.2. The van der Waals surface area contributed by atoms with Gasteiger partial charge in [-0.25, -0.2) is 0 Å². The molecule has 9 atom stereocenters. The van der Waals surface area contributed by atoms with E-state index in [1.54, 1.807) is 6.92 Å². The van der Waals surface area contributed by atoms with Crippen LogP contribution in [0.4, 0.5) is 0 Å². The molecule has 3 fully saturated rings. The van der Waals surface area contributed by atoms with Gasteiger partial charge in [-0.2, -0.15) is 0 Å². The third kappa shape index (κ3) is 5.57. The average Bonchev–Trinajstić information content (AvgIpc) is 3.16. The first-order valence-corrected chi connectivity index (χ1v) is 15.8. The van der Waals surface area contributed by atoms with Crippen molar-refractivity contribution in [3.63, 3.8) is 0 Å². The molecule has 1 aliphatic heterocycles. The number of fused-ring (bicyclic) bond motifs is 5. The van der Waals surface area contributed by atoms with Crippen LogP contribution in [0.15, 0.2) is 23.3 Å². The number of ether oxygens (including phenoxy) is 2. The number of halogens is 1. The number of hydrogen-bond acceptors (Lipinski definition) is 6. The second-order valence-corrected chi connectivity index (χ2v) is 14.6. The molecule has 41 heavy (non-hydrogen) atoms. The number of ketones is 1. The Kier molecular flexibility index (Phi) is 9.27. The Labute approximate surface area is 253 Å². The SMILES string of the molecule is CC(=O)O[C@]1(C(C)=O)CCC2[C@@H]3C=C(C)C4=CC(OC(=O)CCN5CC(C)CC(C)C5)CC[C@]4(C)C3CC[C@@]21C.Cl. The quantitative estimate of drug-likeness (QED) is 0.321. The van der Waals surface area contributed by atoms with Gasteiger partial charge in [0.1, 0.15) is 6.10 Å². The van der Waals surface area contributed by atoms with E-state index in [0.717, 1.165) is 51.7 Å². The number of allylic oxidation sites excluding steroid dienone is 3. The summed E-state index contributed by atoms with van der Waals surface area (Å²) in [6.45, 7) is 17.4. The van der Waals surface area contributed by atoms with E-state index in [9.17, 15) is 14.4 Å². The Balaban J connectivity index is 0.00000387. The first kappa shape index (κ1) is 32.3. The van der Waals surface area contributed by atoms with Gasteiger partial charge in [0.25, 0.3) is 0 Å². The van der Waals surface area contributed by atoms with Gasteiger partial charge in [0.05, 0.1) is 6.42 Å². The van der Waals surface area contributed by atoms with Gasteiger partial charge in [-0.1, -0.05) is 39.3 Å². The second kappa shape index (κ2) is 11.8. The van der Waals surface area contributed by atoms with E-state index in [0.29, 0.717) is 42.4 Å². The van der Waals surface area contributed by atoms with Gasteiger partial charge in [0.2, 0.25) is 0 Å². The third-order valence-corrected chi connectivity index (χ3v) is 11.8. The lowest BCUT2D eigenvalue weighted by molar-refractivity contribution is -0.185. The van der Waals surface area contributed by atoms with Gasteiger partial charge in [0.15, 0.2) is 11.4 Å². The summed E-state index contributed by atoms with van der Waals surface area (Å²) in [5, 5.41) is 0. The highest BCUT2D eigenvalue weighted by molar-refractivity contribution is 5.89. The monoisotopic (exact) mass is 589 g/mol. The third-order valence-electron chi connectivity index (χ3n) is 11.8. The summed E-state index contributed by atoms with van der Waals surface area (Å²) in [4.78, 5) is 40.4. The van der Waals surface area contributed by atoms with Gasteiger partial charge in [-0.3, -0.25) is 14.4 Å². The fourth-order valence-electron chi connectivity index (χ4n) is 10.2. The minimum Gasteiger partial charge on any atom is -0.458 e. The predicted molar refractivity (Wildman–Crippen MR) is 163 cm³/mol. The smallest absolute Gasteiger partial charge is 0.307 e. The Morgan fingerprint density at radius 3 is 2.24 bits per heavy atom. The number of rotatable bonds is 6. The van der Waals surface area contributed by atoms with Crippen LogP contribution >= 0.6 is 12.4 Å². The summed E-state index contributed by atoms with van der Waals surface area (Å²) in [7, 11) is 0. The van der Waals surface area contributed by atoms with E-state index < -0.39 is 5.60 Å². The van der Waals surface area contributed by atoms with Crippen LogP contribution in [0.3, 0.4) is 0 Å². The molecule has 5 unspecified atom stereocenters. The molecule has 1 saturated heterocycles. The number of hydrogen-bond donors (Lipinski definition) is 0. The maximum atomic E-state index is 13.0. The van der Waals surface area contributed by atoms with Crippen molar-refractivity contribution < 1.29 is 23.9 Å². The summed E-state index contributed by atoms with van der Waals surface area (Å²) in [5.41, 5.74) is 1.28. The van der Waals surface area contributed by atoms with E-state index in [1.807, 2.05) is 0 Å². The topological polar surface area (TPSA) is 72.9 Å². The lowest BCUT2D eigenvalue weighted by Crippen LogP contribution is -2.58. The second-order valence-electron chi connectivity index (χ2n) is 14.6. The molecule has 0 N–H and O–H groups in total. The molecular formula is C34H52ClNO5. The van der Waals surface area contributed by atoms with E-state index in [-0.39, 0.29) is 47.1 Å². The Bertz CT molecular complexity index is 1110. The molecule has 5 rings (SSSR count). The molecule has 0 amide bonds. The zero-order valence-electron chi connectivity index (χ0n) is 26.3. The molecule has 1 heterocycles. The summed E-state index contributed by atoms with van der Waals surface area (Å²) in [6, 6.07) is 0. The molecule has 5 aliphatic rings. The first-order valence-electron chi connectivity index (χ1n) is 15.8. The molecule has 4 aliphatic carbocycles. The highest BCUT2D eigenvalue weighted by Gasteiger charge is 2.67. The normalized spacial score (nSPS) is 41.9. The summed E-state index contributed by atoms with van der Waals surface area (Å²) in [5.74, 6) is 2.04. The van der Waals surface area contributed by atoms with Gasteiger partial charge in [-0.15, -0.1) is 12.4 Å². The Hall–Kier alpha value is -1.66. The fraction of sp³-hybridized carbons (Fsp3) is 0.794. The highest BCUT2D eigenvalue weighted by atomic mass is 35.5. The Morgan fingerprint density at radius 1 is 0.951 bits per heavy atom. The molecule has 0 spiro atoms. The summed E-state index contributed by atoms with van der Waals surface area (Å²) < 4.78 is 12.0. The number of carbonyl (C=O) groups excluding carboxylic acids is 3. The maximum Gasteiger partial charge on any atom is 0.307 e. The molecule has 0 aromatic heterocycles.